The number of ether oxygens (including phenoxy) is 1. The van der Waals surface area contributed by atoms with E-state index in [1.165, 1.54) is 11.1 Å². The van der Waals surface area contributed by atoms with Crippen LogP contribution < -0.4 is 4.74 Å². The highest BCUT2D eigenvalue weighted by atomic mass is 16.5. The summed E-state index contributed by atoms with van der Waals surface area (Å²) in [5, 5.41) is 8.82. The highest BCUT2D eigenvalue weighted by Gasteiger charge is 2.08. The number of nitriles is 1. The molecule has 0 saturated heterocycles. The molecule has 1 rings (SSSR count). The van der Waals surface area contributed by atoms with Crippen LogP contribution in [-0.2, 0) is 0 Å². The van der Waals surface area contributed by atoms with Crippen LogP contribution in [0.3, 0.4) is 0 Å². The first kappa shape index (κ1) is 12.6. The van der Waals surface area contributed by atoms with E-state index < -0.39 is 0 Å². The second kappa shape index (κ2) is 5.55. The molecule has 0 N–H and O–H groups in total. The van der Waals surface area contributed by atoms with Crippen molar-refractivity contribution >= 4 is 0 Å². The van der Waals surface area contributed by atoms with Crippen molar-refractivity contribution in [1.82, 2.24) is 0 Å². The number of nitrogens with zero attached hydrogens (tertiary/aromatic N) is 1. The quantitative estimate of drug-likeness (QED) is 0.768. The molecule has 0 amide bonds. The van der Waals surface area contributed by atoms with Crippen molar-refractivity contribution in [2.75, 3.05) is 0 Å². The number of hydrogen-bond acceptors (Lipinski definition) is 2. The molecule has 2 nitrogen and oxygen atoms in total. The highest BCUT2D eigenvalue weighted by Crippen LogP contribution is 2.24. The molecular formula is C14H19NO. The summed E-state index contributed by atoms with van der Waals surface area (Å²) in [6.45, 7) is 8.37. The minimum absolute atomic E-state index is 0.343. The third-order valence-corrected chi connectivity index (χ3v) is 2.66. The SMILES string of the molecule is CCC(C#N)Oc1ccc(C(C)C)c(C)c1. The van der Waals surface area contributed by atoms with Crippen LogP contribution >= 0.6 is 0 Å². The number of rotatable bonds is 4. The van der Waals surface area contributed by atoms with Gasteiger partial charge in [-0.05, 0) is 42.5 Å². The third-order valence-electron chi connectivity index (χ3n) is 2.66. The van der Waals surface area contributed by atoms with Crippen LogP contribution in [0.1, 0.15) is 44.2 Å². The van der Waals surface area contributed by atoms with E-state index >= 15 is 0 Å². The Morgan fingerprint density at radius 1 is 1.38 bits per heavy atom. The molecule has 0 aliphatic rings. The van der Waals surface area contributed by atoms with Gasteiger partial charge in [-0.25, -0.2) is 0 Å². The zero-order valence-corrected chi connectivity index (χ0v) is 10.4. The maximum atomic E-state index is 8.82. The van der Waals surface area contributed by atoms with Gasteiger partial charge in [0.1, 0.15) is 11.8 Å². The first-order valence-electron chi connectivity index (χ1n) is 5.75. The fourth-order valence-corrected chi connectivity index (χ4v) is 1.73. The van der Waals surface area contributed by atoms with Gasteiger partial charge in [-0.3, -0.25) is 0 Å². The van der Waals surface area contributed by atoms with Crippen molar-refractivity contribution in [3.05, 3.63) is 29.3 Å². The predicted octanol–water partition coefficient (Wildman–Crippen LogP) is 3.80. The zero-order valence-electron chi connectivity index (χ0n) is 10.4. The highest BCUT2D eigenvalue weighted by molar-refractivity contribution is 5.36. The second-order valence-corrected chi connectivity index (χ2v) is 4.32. The Labute approximate surface area is 97.9 Å². The molecule has 16 heavy (non-hydrogen) atoms. The molecule has 0 heterocycles. The Morgan fingerprint density at radius 3 is 2.50 bits per heavy atom. The van der Waals surface area contributed by atoms with Gasteiger partial charge in [0.25, 0.3) is 0 Å². The molecule has 1 aromatic carbocycles. The van der Waals surface area contributed by atoms with E-state index in [0.717, 1.165) is 5.75 Å². The Bertz CT molecular complexity index is 390. The molecular weight excluding hydrogens is 198 g/mol. The van der Waals surface area contributed by atoms with E-state index in [4.69, 9.17) is 10.00 Å². The van der Waals surface area contributed by atoms with Crippen LogP contribution in [0, 0.1) is 18.3 Å². The van der Waals surface area contributed by atoms with Gasteiger partial charge in [-0.15, -0.1) is 0 Å². The zero-order chi connectivity index (χ0) is 12.1. The van der Waals surface area contributed by atoms with Gasteiger partial charge < -0.3 is 4.74 Å². The minimum atomic E-state index is -0.343. The monoisotopic (exact) mass is 217 g/mol. The lowest BCUT2D eigenvalue weighted by molar-refractivity contribution is 0.251. The van der Waals surface area contributed by atoms with Crippen molar-refractivity contribution < 1.29 is 4.74 Å². The molecule has 1 unspecified atom stereocenters. The summed E-state index contributed by atoms with van der Waals surface area (Å²) >= 11 is 0. The molecule has 1 aromatic rings. The summed E-state index contributed by atoms with van der Waals surface area (Å²) in [5.41, 5.74) is 2.55. The maximum absolute atomic E-state index is 8.82. The van der Waals surface area contributed by atoms with Crippen molar-refractivity contribution in [1.29, 1.82) is 5.26 Å². The summed E-state index contributed by atoms with van der Waals surface area (Å²) in [6.07, 6.45) is 0.367. The van der Waals surface area contributed by atoms with Gasteiger partial charge in [-0.2, -0.15) is 5.26 Å². The van der Waals surface area contributed by atoms with Crippen molar-refractivity contribution in [2.24, 2.45) is 0 Å². The number of hydrogen-bond donors (Lipinski definition) is 0. The Kier molecular flexibility index (Phi) is 4.37. The average Bonchev–Trinajstić information content (AvgIpc) is 2.25. The molecule has 0 bridgehead atoms. The summed E-state index contributed by atoms with van der Waals surface area (Å²) in [6, 6.07) is 8.17. The first-order chi connectivity index (χ1) is 7.58. The molecule has 0 spiro atoms. The van der Waals surface area contributed by atoms with E-state index in [1.807, 2.05) is 19.1 Å². The summed E-state index contributed by atoms with van der Waals surface area (Å²) in [7, 11) is 0. The van der Waals surface area contributed by atoms with Crippen LogP contribution in [0.25, 0.3) is 0 Å². The second-order valence-electron chi connectivity index (χ2n) is 4.32. The number of benzene rings is 1. The first-order valence-corrected chi connectivity index (χ1v) is 5.75. The van der Waals surface area contributed by atoms with Crippen LogP contribution in [0.4, 0.5) is 0 Å². The van der Waals surface area contributed by atoms with Gasteiger partial charge in [0.05, 0.1) is 0 Å². The van der Waals surface area contributed by atoms with E-state index in [-0.39, 0.29) is 6.10 Å². The van der Waals surface area contributed by atoms with Crippen molar-refractivity contribution in [2.45, 2.75) is 46.1 Å². The van der Waals surface area contributed by atoms with Crippen LogP contribution in [0.2, 0.25) is 0 Å². The van der Waals surface area contributed by atoms with Gasteiger partial charge in [-0.1, -0.05) is 26.8 Å². The molecule has 0 saturated carbocycles. The summed E-state index contributed by atoms with van der Waals surface area (Å²) < 4.78 is 5.57. The van der Waals surface area contributed by atoms with Gasteiger partial charge in [0, 0.05) is 0 Å². The standard InChI is InChI=1S/C14H19NO/c1-5-12(9-15)16-13-6-7-14(10(2)3)11(4)8-13/h6-8,10,12H,5H2,1-4H3. The molecule has 0 aromatic heterocycles. The van der Waals surface area contributed by atoms with E-state index in [1.54, 1.807) is 0 Å². The van der Waals surface area contributed by atoms with E-state index in [2.05, 4.69) is 32.9 Å². The molecule has 0 aliphatic carbocycles. The summed E-state index contributed by atoms with van der Waals surface area (Å²) in [5.74, 6) is 1.31. The van der Waals surface area contributed by atoms with Crippen LogP contribution in [0.15, 0.2) is 18.2 Å². The van der Waals surface area contributed by atoms with Gasteiger partial charge in [0.15, 0.2) is 6.10 Å². The Balaban J connectivity index is 2.86. The van der Waals surface area contributed by atoms with Gasteiger partial charge >= 0.3 is 0 Å². The molecule has 0 radical (unpaired) electrons. The Hall–Kier alpha value is -1.49. The van der Waals surface area contributed by atoms with Crippen LogP contribution in [0.5, 0.6) is 5.75 Å². The van der Waals surface area contributed by atoms with E-state index in [0.29, 0.717) is 12.3 Å². The van der Waals surface area contributed by atoms with Crippen molar-refractivity contribution in [3.63, 3.8) is 0 Å². The minimum Gasteiger partial charge on any atom is -0.476 e. The van der Waals surface area contributed by atoms with Gasteiger partial charge in [0.2, 0.25) is 0 Å². The number of aryl methyl sites for hydroxylation is 1. The maximum Gasteiger partial charge on any atom is 0.184 e. The topological polar surface area (TPSA) is 33.0 Å². The molecule has 0 aliphatic heterocycles. The van der Waals surface area contributed by atoms with E-state index in [9.17, 15) is 0 Å². The molecule has 2 heteroatoms. The average molecular weight is 217 g/mol. The third kappa shape index (κ3) is 3.00. The van der Waals surface area contributed by atoms with Crippen molar-refractivity contribution in [3.8, 4) is 11.8 Å². The predicted molar refractivity (Wildman–Crippen MR) is 65.6 cm³/mol. The fourth-order valence-electron chi connectivity index (χ4n) is 1.73. The Morgan fingerprint density at radius 2 is 2.06 bits per heavy atom. The smallest absolute Gasteiger partial charge is 0.184 e. The molecule has 86 valence electrons. The summed E-state index contributed by atoms with van der Waals surface area (Å²) in [4.78, 5) is 0. The largest absolute Gasteiger partial charge is 0.476 e. The lowest BCUT2D eigenvalue weighted by atomic mass is 9.98. The van der Waals surface area contributed by atoms with Crippen LogP contribution in [-0.4, -0.2) is 6.10 Å². The molecule has 0 fully saturated rings. The molecule has 1 atom stereocenters. The fraction of sp³-hybridized carbons (Fsp3) is 0.500. The lowest BCUT2D eigenvalue weighted by Crippen LogP contribution is -2.12. The normalized spacial score (nSPS) is 12.2. The lowest BCUT2D eigenvalue weighted by Gasteiger charge is -2.14.